The number of imidazole rings is 1. The zero-order chi connectivity index (χ0) is 70.8. The van der Waals surface area contributed by atoms with Gasteiger partial charge in [0.05, 0.1) is 58.8 Å². The average molecular weight is 1360 g/mol. The van der Waals surface area contributed by atoms with Crippen LogP contribution in [0.15, 0.2) is 164 Å². The summed E-state index contributed by atoms with van der Waals surface area (Å²) in [6.45, 7) is 23.7. The van der Waals surface area contributed by atoms with Crippen LogP contribution < -0.4 is 47.3 Å². The van der Waals surface area contributed by atoms with Crippen LogP contribution in [-0.2, 0) is 43.6 Å². The molecule has 0 radical (unpaired) electrons. The Kier molecular flexibility index (Phi) is 22.3. The minimum atomic E-state index is -1.10. The van der Waals surface area contributed by atoms with E-state index in [1.807, 2.05) is 74.0 Å². The molecule has 0 saturated heterocycles. The van der Waals surface area contributed by atoms with E-state index in [9.17, 15) is 24.0 Å². The van der Waals surface area contributed by atoms with E-state index in [0.717, 1.165) is 87.5 Å². The van der Waals surface area contributed by atoms with Crippen LogP contribution in [0.25, 0.3) is 55.6 Å². The molecule has 14 rings (SSSR count). The quantitative estimate of drug-likeness (QED) is 0.0397. The highest BCUT2D eigenvalue weighted by atomic mass is 28.3. The van der Waals surface area contributed by atoms with E-state index in [1.54, 1.807) is 49.8 Å². The Balaban J connectivity index is 0.000000135. The molecule has 4 amide bonds. The monoisotopic (exact) mass is 1360 g/mol. The maximum absolute atomic E-state index is 12.7. The molecular formula is C80H92N12O7Si. The average Bonchev–Trinajstić information content (AvgIpc) is 1.60. The van der Waals surface area contributed by atoms with Crippen LogP contribution in [0.5, 0.6) is 5.75 Å². The molecule has 3 aromatic heterocycles. The molecule has 0 bridgehead atoms. The first kappa shape index (κ1) is 70.7. The van der Waals surface area contributed by atoms with Crippen molar-refractivity contribution in [1.82, 2.24) is 19.1 Å². The summed E-state index contributed by atoms with van der Waals surface area (Å²) >= 11 is 0. The minimum absolute atomic E-state index is 0.0207. The summed E-state index contributed by atoms with van der Waals surface area (Å²) < 4.78 is 15.4. The fraction of sp³-hybridized carbons (Fsp3) is 0.312. The summed E-state index contributed by atoms with van der Waals surface area (Å²) in [5.41, 5.74) is 20.3. The summed E-state index contributed by atoms with van der Waals surface area (Å²) in [4.78, 5) is 69.8. The van der Waals surface area contributed by atoms with Crippen molar-refractivity contribution in [2.75, 3.05) is 56.3 Å². The Hall–Kier alpha value is -10.6. The Morgan fingerprint density at radius 3 is 1.84 bits per heavy atom. The number of amides is 4. The van der Waals surface area contributed by atoms with Gasteiger partial charge in [-0.15, -0.1) is 0 Å². The first-order valence-electron chi connectivity index (χ1n) is 34.6. The Labute approximate surface area is 586 Å². The second kappa shape index (κ2) is 31.5. The number of fused-ring (bicyclic) bond motifs is 6. The fourth-order valence-electron chi connectivity index (χ4n) is 12.9. The van der Waals surface area contributed by atoms with Crippen LogP contribution in [0.1, 0.15) is 93.8 Å². The topological polar surface area (TPSA) is 236 Å². The van der Waals surface area contributed by atoms with Gasteiger partial charge < -0.3 is 56.6 Å². The van der Waals surface area contributed by atoms with Crippen LogP contribution in [0.3, 0.4) is 0 Å². The molecule has 0 fully saturated rings. The number of carbonyl (C=O) groups excluding carboxylic acids is 5. The van der Waals surface area contributed by atoms with E-state index in [2.05, 4.69) is 177 Å². The van der Waals surface area contributed by atoms with E-state index >= 15 is 0 Å². The zero-order valence-electron chi connectivity index (χ0n) is 59.1. The van der Waals surface area contributed by atoms with Crippen molar-refractivity contribution in [3.8, 4) is 39.3 Å². The largest absolute Gasteiger partial charge is 0.497 e. The van der Waals surface area contributed by atoms with Crippen molar-refractivity contribution < 1.29 is 33.4 Å². The lowest BCUT2D eigenvalue weighted by Gasteiger charge is -2.18. The standard InChI is InChI=1S/C22H29N5O2Si.C22H24N2O.C18H19N3O3.C18H20N2O/c1-15-10-20(28)26-18-7-5-6-17(21(18)25-15)16-11-19-22(23-12-16)27(13-24-19)14-29-8-9-30(2,3)4;1-3-11-24-20-10-5-4-7-16(20)14-21(24)19-9-6-8-17-13-18(25)12-15(2)23-22(17)19;1-11-9-16(22)21-15-8-4-7-14(17(15)19-11)18(23)20-12-5-3-6-13(10-12)24-2;1-11-7-8-14(9-12(11)2)15-5-4-6-16-18(15)19-13(3)10-17(21)20-16/h5-7,11-13,15,25H,8-10,14H2,1-4H3,(H,26,28);4-10,14-15,23H,3,11-13H2,1-2H3;3-8,10-11,19H,9H2,1-2H3,(H,20,23)(H,21,22);4-9,13,19H,10H2,1-3H3,(H,20,21)/t2*15-;11-;13-/m1111/s1. The SMILES string of the molecule is CCCn1c(-c2cccc3c2N[C@H](C)CC(=O)C3)cc2ccccc21.COc1cccc(NC(=O)c2cccc3c2N[C@H](C)CC(=O)N3)c1.C[C@@H]1CC(=O)Nc2cccc(-c3cnc4c(c3)ncn4COCC[Si](C)(C)C)c2N1.Cc1ccc(-c2cccc3c2N[C@H](C)CC(=O)N3)cc1C. The number of benzene rings is 7. The van der Waals surface area contributed by atoms with Crippen molar-refractivity contribution in [1.29, 1.82) is 0 Å². The van der Waals surface area contributed by atoms with Crippen LogP contribution >= 0.6 is 0 Å². The number of ether oxygens (including phenoxy) is 2. The highest BCUT2D eigenvalue weighted by molar-refractivity contribution is 6.76. The van der Waals surface area contributed by atoms with E-state index in [4.69, 9.17) is 9.47 Å². The highest BCUT2D eigenvalue weighted by Crippen LogP contribution is 2.41. The van der Waals surface area contributed by atoms with Crippen molar-refractivity contribution in [3.63, 3.8) is 0 Å². The number of rotatable bonds is 13. The van der Waals surface area contributed by atoms with Gasteiger partial charge in [-0.05, 0) is 131 Å². The lowest BCUT2D eigenvalue weighted by atomic mass is 9.98. The molecule has 0 aliphatic carbocycles. The molecular weight excluding hydrogens is 1270 g/mol. The van der Waals surface area contributed by atoms with Crippen molar-refractivity contribution in [3.05, 3.63) is 186 Å². The van der Waals surface area contributed by atoms with E-state index in [-0.39, 0.29) is 47.8 Å². The maximum atomic E-state index is 12.7. The molecule has 7 heterocycles. The molecule has 4 atom stereocenters. The van der Waals surface area contributed by atoms with Gasteiger partial charge in [-0.3, -0.25) is 28.5 Å². The normalized spacial score (nSPS) is 16.9. The highest BCUT2D eigenvalue weighted by Gasteiger charge is 2.27. The molecule has 4 aliphatic heterocycles. The minimum Gasteiger partial charge on any atom is -0.497 e. The first-order valence-corrected chi connectivity index (χ1v) is 38.3. The molecule has 20 heteroatoms. The van der Waals surface area contributed by atoms with Crippen molar-refractivity contribution >= 4 is 105 Å². The molecule has 100 heavy (non-hydrogen) atoms. The number of nitrogens with zero attached hydrogens (tertiary/aromatic N) is 4. The molecule has 8 N–H and O–H groups in total. The van der Waals surface area contributed by atoms with Gasteiger partial charge in [0.15, 0.2) is 5.65 Å². The molecule has 10 aromatic rings. The smallest absolute Gasteiger partial charge is 0.257 e. The van der Waals surface area contributed by atoms with Crippen LogP contribution in [-0.4, -0.2) is 94.5 Å². The van der Waals surface area contributed by atoms with Gasteiger partial charge in [-0.2, -0.15) is 0 Å². The third-order valence-electron chi connectivity index (χ3n) is 18.0. The number of hydrogen-bond acceptors (Lipinski definition) is 13. The Morgan fingerprint density at radius 2 is 1.19 bits per heavy atom. The van der Waals surface area contributed by atoms with Gasteiger partial charge in [0.2, 0.25) is 17.7 Å². The first-order chi connectivity index (χ1) is 48.1. The number of Topliss-reactive ketones (excluding diaryl/α,β-unsaturated/α-hetero) is 1. The number of aromatic nitrogens is 4. The van der Waals surface area contributed by atoms with Crippen molar-refractivity contribution in [2.45, 2.75) is 150 Å². The Bertz CT molecular complexity index is 4670. The lowest BCUT2D eigenvalue weighted by molar-refractivity contribution is -0.118. The number of aryl methyl sites for hydroxylation is 3. The molecule has 0 spiro atoms. The molecule has 0 saturated carbocycles. The number of ketones is 1. The van der Waals surface area contributed by atoms with Gasteiger partial charge in [-0.1, -0.05) is 118 Å². The Morgan fingerprint density at radius 1 is 0.600 bits per heavy atom. The number of nitrogens with one attached hydrogen (secondary N) is 8. The number of para-hydroxylation sites is 5. The van der Waals surface area contributed by atoms with Crippen LogP contribution in [0.4, 0.5) is 45.5 Å². The van der Waals surface area contributed by atoms with Crippen LogP contribution in [0, 0.1) is 13.8 Å². The van der Waals surface area contributed by atoms with E-state index < -0.39 is 8.07 Å². The molecule has 19 nitrogen and oxygen atoms in total. The summed E-state index contributed by atoms with van der Waals surface area (Å²) in [6, 6.07) is 51.4. The summed E-state index contributed by atoms with van der Waals surface area (Å²) in [5.74, 6) is 0.733. The predicted molar refractivity (Wildman–Crippen MR) is 409 cm³/mol. The van der Waals surface area contributed by atoms with Gasteiger partial charge in [-0.25, -0.2) is 9.97 Å². The number of carbonyl (C=O) groups is 5. The zero-order valence-corrected chi connectivity index (χ0v) is 60.1. The second-order valence-electron chi connectivity index (χ2n) is 27.7. The maximum Gasteiger partial charge on any atom is 0.257 e. The summed E-state index contributed by atoms with van der Waals surface area (Å²) in [7, 11) is 0.475. The van der Waals surface area contributed by atoms with Gasteiger partial charge >= 0.3 is 0 Å². The van der Waals surface area contributed by atoms with E-state index in [1.165, 1.54) is 38.9 Å². The van der Waals surface area contributed by atoms with E-state index in [0.29, 0.717) is 73.0 Å². The molecule has 0 unspecified atom stereocenters. The summed E-state index contributed by atoms with van der Waals surface area (Å²) in [6.07, 6.45) is 7.11. The molecule has 7 aromatic carbocycles. The van der Waals surface area contributed by atoms with Gasteiger partial charge in [0, 0.05) is 134 Å². The lowest BCUT2D eigenvalue weighted by Crippen LogP contribution is -2.22. The second-order valence-corrected chi connectivity index (χ2v) is 33.4. The van der Waals surface area contributed by atoms with Gasteiger partial charge in [0.25, 0.3) is 5.91 Å². The van der Waals surface area contributed by atoms with Crippen molar-refractivity contribution in [2.24, 2.45) is 0 Å². The number of methoxy groups -OCH3 is 1. The number of anilines is 8. The molecule has 4 aliphatic rings. The van der Waals surface area contributed by atoms with Gasteiger partial charge in [0.1, 0.15) is 23.8 Å². The third kappa shape index (κ3) is 17.3. The number of pyridine rings is 1. The molecule has 518 valence electrons. The predicted octanol–water partition coefficient (Wildman–Crippen LogP) is 16.8. The fourth-order valence-corrected chi connectivity index (χ4v) is 13.7. The van der Waals surface area contributed by atoms with Crippen LogP contribution in [0.2, 0.25) is 25.7 Å². The third-order valence-corrected chi connectivity index (χ3v) is 19.7. The number of hydrogen-bond donors (Lipinski definition) is 8. The summed E-state index contributed by atoms with van der Waals surface area (Å²) in [5, 5.41) is 26.7.